The number of carbonyl (C=O) groups is 2. The van der Waals surface area contributed by atoms with Gasteiger partial charge in [-0.2, -0.15) is 0 Å². The molecule has 0 aliphatic heterocycles. The van der Waals surface area contributed by atoms with Crippen LogP contribution in [-0.2, 0) is 0 Å². The van der Waals surface area contributed by atoms with Gasteiger partial charge in [0.25, 0.3) is 11.8 Å². The molecule has 1 aliphatic rings. The van der Waals surface area contributed by atoms with Gasteiger partial charge < -0.3 is 10.6 Å². The molecule has 0 spiro atoms. The van der Waals surface area contributed by atoms with E-state index in [1.807, 2.05) is 18.2 Å². The van der Waals surface area contributed by atoms with Crippen molar-refractivity contribution in [2.45, 2.75) is 49.4 Å². The van der Waals surface area contributed by atoms with Crippen LogP contribution in [0.4, 0.5) is 5.69 Å². The third-order valence-corrected chi connectivity index (χ3v) is 7.29. The summed E-state index contributed by atoms with van der Waals surface area (Å²) in [6.45, 7) is 2.10. The van der Waals surface area contributed by atoms with Crippen molar-refractivity contribution in [1.29, 1.82) is 0 Å². The Morgan fingerprint density at radius 2 is 1.80 bits per heavy atom. The fourth-order valence-corrected chi connectivity index (χ4v) is 5.76. The van der Waals surface area contributed by atoms with Crippen LogP contribution in [0.3, 0.4) is 0 Å². The van der Waals surface area contributed by atoms with E-state index in [9.17, 15) is 9.59 Å². The third kappa shape index (κ3) is 4.84. The SMILES string of the molecule is CCSc1nc2ccc(NC(=O)c3ccccc3C(=O)NC3CCCCC3)cc2s1. The highest BCUT2D eigenvalue weighted by atomic mass is 32.2. The summed E-state index contributed by atoms with van der Waals surface area (Å²) in [5, 5.41) is 6.05. The van der Waals surface area contributed by atoms with Crippen LogP contribution in [0.25, 0.3) is 10.2 Å². The van der Waals surface area contributed by atoms with Gasteiger partial charge in [0.2, 0.25) is 0 Å². The molecule has 0 bridgehead atoms. The molecule has 0 atom stereocenters. The highest BCUT2D eigenvalue weighted by Gasteiger charge is 2.21. The van der Waals surface area contributed by atoms with Gasteiger partial charge in [0.05, 0.1) is 21.3 Å². The van der Waals surface area contributed by atoms with Gasteiger partial charge in [-0.05, 0) is 48.9 Å². The number of benzene rings is 2. The maximum absolute atomic E-state index is 13.0. The third-order valence-electron chi connectivity index (χ3n) is 5.25. The summed E-state index contributed by atoms with van der Waals surface area (Å²) >= 11 is 3.34. The van der Waals surface area contributed by atoms with Gasteiger partial charge in [-0.15, -0.1) is 11.3 Å². The molecule has 0 saturated heterocycles. The van der Waals surface area contributed by atoms with Crippen molar-refractivity contribution in [1.82, 2.24) is 10.3 Å². The maximum atomic E-state index is 13.0. The topological polar surface area (TPSA) is 71.1 Å². The molecule has 1 heterocycles. The van der Waals surface area contributed by atoms with Crippen molar-refractivity contribution < 1.29 is 9.59 Å². The lowest BCUT2D eigenvalue weighted by Gasteiger charge is -2.23. The first kappa shape index (κ1) is 20.9. The monoisotopic (exact) mass is 439 g/mol. The Kier molecular flexibility index (Phi) is 6.69. The zero-order valence-corrected chi connectivity index (χ0v) is 18.6. The molecule has 3 aromatic rings. The number of amides is 2. The first-order valence-corrected chi connectivity index (χ1v) is 12.2. The first-order chi connectivity index (χ1) is 14.6. The van der Waals surface area contributed by atoms with Crippen LogP contribution in [-0.4, -0.2) is 28.6 Å². The second kappa shape index (κ2) is 9.62. The molecular weight excluding hydrogens is 414 g/mol. The number of nitrogens with one attached hydrogen (secondary N) is 2. The van der Waals surface area contributed by atoms with Crippen LogP contribution in [0, 0.1) is 0 Å². The summed E-state index contributed by atoms with van der Waals surface area (Å²) in [6, 6.07) is 12.9. The average Bonchev–Trinajstić information content (AvgIpc) is 3.16. The summed E-state index contributed by atoms with van der Waals surface area (Å²) in [5.74, 6) is 0.520. The lowest BCUT2D eigenvalue weighted by atomic mass is 9.95. The molecule has 4 rings (SSSR count). The molecule has 0 unspecified atom stereocenters. The van der Waals surface area contributed by atoms with Gasteiger partial charge in [-0.3, -0.25) is 9.59 Å². The van der Waals surface area contributed by atoms with Gasteiger partial charge in [0.1, 0.15) is 0 Å². The second-order valence-corrected chi connectivity index (χ2v) is 9.95. The van der Waals surface area contributed by atoms with Crippen molar-refractivity contribution in [3.05, 3.63) is 53.6 Å². The van der Waals surface area contributed by atoms with E-state index in [4.69, 9.17) is 0 Å². The minimum atomic E-state index is -0.281. The molecule has 7 heteroatoms. The summed E-state index contributed by atoms with van der Waals surface area (Å²) in [7, 11) is 0. The van der Waals surface area contributed by atoms with E-state index in [1.54, 1.807) is 47.4 Å². The number of fused-ring (bicyclic) bond motifs is 1. The molecule has 2 N–H and O–H groups in total. The molecule has 5 nitrogen and oxygen atoms in total. The maximum Gasteiger partial charge on any atom is 0.256 e. The number of thiazole rings is 1. The molecule has 30 heavy (non-hydrogen) atoms. The largest absolute Gasteiger partial charge is 0.349 e. The summed E-state index contributed by atoms with van der Waals surface area (Å²) in [4.78, 5) is 30.4. The molecule has 2 aromatic carbocycles. The zero-order valence-electron chi connectivity index (χ0n) is 16.9. The number of aromatic nitrogens is 1. The van der Waals surface area contributed by atoms with Crippen LogP contribution in [0.5, 0.6) is 0 Å². The lowest BCUT2D eigenvalue weighted by molar-refractivity contribution is 0.0917. The van der Waals surface area contributed by atoms with Crippen molar-refractivity contribution in [2.75, 3.05) is 11.1 Å². The Hall–Kier alpha value is -2.38. The number of thioether (sulfide) groups is 1. The molecule has 1 aliphatic carbocycles. The number of anilines is 1. The van der Waals surface area contributed by atoms with Gasteiger partial charge in [-0.1, -0.05) is 50.1 Å². The smallest absolute Gasteiger partial charge is 0.256 e. The number of nitrogens with zero attached hydrogens (tertiary/aromatic N) is 1. The fraction of sp³-hybridized carbons (Fsp3) is 0.348. The zero-order chi connectivity index (χ0) is 20.9. The normalized spacial score (nSPS) is 14.6. The Morgan fingerprint density at radius 1 is 1.07 bits per heavy atom. The molecule has 2 amide bonds. The predicted octanol–water partition coefficient (Wildman–Crippen LogP) is 5.72. The molecular formula is C23H25N3O2S2. The first-order valence-electron chi connectivity index (χ1n) is 10.4. The predicted molar refractivity (Wildman–Crippen MR) is 125 cm³/mol. The number of rotatable bonds is 6. The average molecular weight is 440 g/mol. The minimum absolute atomic E-state index is 0.174. The molecule has 156 valence electrons. The van der Waals surface area contributed by atoms with E-state index in [2.05, 4.69) is 22.5 Å². The van der Waals surface area contributed by atoms with Crippen LogP contribution in [0.1, 0.15) is 59.7 Å². The van der Waals surface area contributed by atoms with E-state index in [0.29, 0.717) is 16.8 Å². The van der Waals surface area contributed by atoms with Crippen LogP contribution in [0.15, 0.2) is 46.8 Å². The Bertz CT molecular complexity index is 1060. The highest BCUT2D eigenvalue weighted by molar-refractivity contribution is 8.01. The number of carbonyl (C=O) groups excluding carboxylic acids is 2. The van der Waals surface area contributed by atoms with E-state index >= 15 is 0 Å². The quantitative estimate of drug-likeness (QED) is 0.482. The van der Waals surface area contributed by atoms with E-state index in [-0.39, 0.29) is 17.9 Å². The summed E-state index contributed by atoms with van der Waals surface area (Å²) < 4.78 is 2.06. The van der Waals surface area contributed by atoms with Gasteiger partial charge in [0.15, 0.2) is 4.34 Å². The fourth-order valence-electron chi connectivity index (χ4n) is 3.75. The van der Waals surface area contributed by atoms with Crippen LogP contribution >= 0.6 is 23.1 Å². The van der Waals surface area contributed by atoms with E-state index < -0.39 is 0 Å². The molecule has 1 saturated carbocycles. The lowest BCUT2D eigenvalue weighted by Crippen LogP contribution is -2.37. The van der Waals surface area contributed by atoms with Crippen LogP contribution in [0.2, 0.25) is 0 Å². The van der Waals surface area contributed by atoms with Crippen molar-refractivity contribution >= 4 is 50.8 Å². The van der Waals surface area contributed by atoms with Crippen molar-refractivity contribution in [3.63, 3.8) is 0 Å². The van der Waals surface area contributed by atoms with Crippen molar-refractivity contribution in [2.24, 2.45) is 0 Å². The number of hydrogen-bond donors (Lipinski definition) is 2. The standard InChI is InChI=1S/C23H25N3O2S2/c1-2-29-23-26-19-13-12-16(14-20(19)30-23)25-22(28)18-11-7-6-10-17(18)21(27)24-15-8-4-3-5-9-15/h6-7,10-15H,2-5,8-9H2,1H3,(H,24,27)(H,25,28). The molecule has 1 fully saturated rings. The summed E-state index contributed by atoms with van der Waals surface area (Å²) in [6.07, 6.45) is 5.53. The van der Waals surface area contributed by atoms with E-state index in [0.717, 1.165) is 46.0 Å². The van der Waals surface area contributed by atoms with E-state index in [1.165, 1.54) is 6.42 Å². The minimum Gasteiger partial charge on any atom is -0.349 e. The molecule has 0 radical (unpaired) electrons. The Balaban J connectivity index is 1.50. The highest BCUT2D eigenvalue weighted by Crippen LogP contribution is 2.31. The molecule has 1 aromatic heterocycles. The number of hydrogen-bond acceptors (Lipinski definition) is 5. The second-order valence-electron chi connectivity index (χ2n) is 7.40. The van der Waals surface area contributed by atoms with Gasteiger partial charge in [0, 0.05) is 11.7 Å². The van der Waals surface area contributed by atoms with Crippen molar-refractivity contribution in [3.8, 4) is 0 Å². The Labute approximate surface area is 184 Å². The van der Waals surface area contributed by atoms with Gasteiger partial charge in [-0.25, -0.2) is 4.98 Å². The van der Waals surface area contributed by atoms with Gasteiger partial charge >= 0.3 is 0 Å². The summed E-state index contributed by atoms with van der Waals surface area (Å²) in [5.41, 5.74) is 2.44. The Morgan fingerprint density at radius 3 is 2.53 bits per heavy atom. The van der Waals surface area contributed by atoms with Crippen LogP contribution < -0.4 is 10.6 Å².